The molecule has 1 aromatic carbocycles. The first-order valence-corrected chi connectivity index (χ1v) is 6.94. The Hall–Kier alpha value is -0.940. The molecule has 0 saturated heterocycles. The van der Waals surface area contributed by atoms with E-state index in [1.165, 1.54) is 6.07 Å². The number of benzene rings is 1. The van der Waals surface area contributed by atoms with Crippen LogP contribution in [0.1, 0.15) is 31.7 Å². The topological polar surface area (TPSA) is 21.3 Å². The molecule has 0 aliphatic carbocycles. The van der Waals surface area contributed by atoms with Gasteiger partial charge in [0.15, 0.2) is 0 Å². The summed E-state index contributed by atoms with van der Waals surface area (Å²) in [5, 5.41) is 3.02. The number of rotatable bonds is 7. The molecule has 0 bridgehead atoms. The maximum Gasteiger partial charge on any atom is 0.416 e. The van der Waals surface area contributed by atoms with E-state index in [1.807, 2.05) is 14.0 Å². The van der Waals surface area contributed by atoms with Crippen LogP contribution in [0.3, 0.4) is 0 Å². The van der Waals surface area contributed by atoms with Crippen molar-refractivity contribution in [1.29, 1.82) is 0 Å². The van der Waals surface area contributed by atoms with E-state index in [1.54, 1.807) is 0 Å². The molecule has 0 saturated carbocycles. The zero-order chi connectivity index (χ0) is 15.2. The molecule has 1 unspecified atom stereocenters. The number of alkyl halides is 3. The minimum atomic E-state index is -4.39. The van der Waals surface area contributed by atoms with Crippen LogP contribution in [0.5, 0.6) is 5.75 Å². The summed E-state index contributed by atoms with van der Waals surface area (Å²) in [5.74, 6) is 0.300. The summed E-state index contributed by atoms with van der Waals surface area (Å²) in [6.45, 7) is 2.81. The Labute approximate surface area is 122 Å². The Balaban J connectivity index is 2.80. The van der Waals surface area contributed by atoms with E-state index in [9.17, 15) is 13.2 Å². The van der Waals surface area contributed by atoms with Gasteiger partial charge >= 0.3 is 6.18 Å². The lowest BCUT2D eigenvalue weighted by Gasteiger charge is -2.20. The van der Waals surface area contributed by atoms with Gasteiger partial charge in [-0.15, -0.1) is 0 Å². The normalized spacial score (nSPS) is 13.3. The minimum absolute atomic E-state index is 0.00890. The molecule has 0 radical (unpaired) electrons. The molecule has 0 amide bonds. The molecule has 1 atom stereocenters. The third-order valence-corrected chi connectivity index (χ3v) is 3.18. The summed E-state index contributed by atoms with van der Waals surface area (Å²) in [6, 6.07) is 3.17. The second kappa shape index (κ2) is 7.74. The van der Waals surface area contributed by atoms with Crippen LogP contribution in [0.4, 0.5) is 13.2 Å². The van der Waals surface area contributed by atoms with Gasteiger partial charge in [0, 0.05) is 0 Å². The maximum absolute atomic E-state index is 12.5. The zero-order valence-electron chi connectivity index (χ0n) is 11.6. The number of hydrogen-bond donors (Lipinski definition) is 1. The largest absolute Gasteiger partial charge is 0.489 e. The van der Waals surface area contributed by atoms with Gasteiger partial charge in [0.2, 0.25) is 0 Å². The predicted octanol–water partition coefficient (Wildman–Crippen LogP) is 4.52. The highest BCUT2D eigenvalue weighted by Crippen LogP contribution is 2.35. The van der Waals surface area contributed by atoms with Crippen molar-refractivity contribution in [3.8, 4) is 5.75 Å². The smallest absolute Gasteiger partial charge is 0.416 e. The van der Waals surface area contributed by atoms with E-state index in [4.69, 9.17) is 16.3 Å². The Kier molecular flexibility index (Phi) is 6.62. The molecule has 20 heavy (non-hydrogen) atoms. The SMILES string of the molecule is CCCC(CCNC)Oc1ccc(C(F)(F)F)cc1Cl. The van der Waals surface area contributed by atoms with Crippen LogP contribution in [0.15, 0.2) is 18.2 Å². The minimum Gasteiger partial charge on any atom is -0.489 e. The lowest BCUT2D eigenvalue weighted by atomic mass is 10.1. The fourth-order valence-corrected chi connectivity index (χ4v) is 2.07. The van der Waals surface area contributed by atoms with Crippen LogP contribution >= 0.6 is 11.6 Å². The van der Waals surface area contributed by atoms with Gasteiger partial charge in [-0.25, -0.2) is 0 Å². The van der Waals surface area contributed by atoms with E-state index in [2.05, 4.69) is 5.32 Å². The molecule has 114 valence electrons. The van der Waals surface area contributed by atoms with Gasteiger partial charge < -0.3 is 10.1 Å². The van der Waals surface area contributed by atoms with Crippen LogP contribution in [0.25, 0.3) is 0 Å². The van der Waals surface area contributed by atoms with Gasteiger partial charge in [0.25, 0.3) is 0 Å². The fourth-order valence-electron chi connectivity index (χ4n) is 1.84. The zero-order valence-corrected chi connectivity index (χ0v) is 12.3. The molecule has 0 aliphatic rings. The Morgan fingerprint density at radius 2 is 2.00 bits per heavy atom. The Morgan fingerprint density at radius 1 is 1.30 bits per heavy atom. The molecular formula is C14H19ClF3NO. The molecular weight excluding hydrogens is 291 g/mol. The molecule has 1 N–H and O–H groups in total. The summed E-state index contributed by atoms with van der Waals surface area (Å²) in [5.41, 5.74) is -0.767. The van der Waals surface area contributed by atoms with Crippen LogP contribution in [-0.4, -0.2) is 19.7 Å². The lowest BCUT2D eigenvalue weighted by Crippen LogP contribution is -2.22. The van der Waals surface area contributed by atoms with Crippen LogP contribution < -0.4 is 10.1 Å². The second-order valence-corrected chi connectivity index (χ2v) is 4.97. The maximum atomic E-state index is 12.5. The van der Waals surface area contributed by atoms with Gasteiger partial charge in [-0.2, -0.15) is 13.2 Å². The number of hydrogen-bond acceptors (Lipinski definition) is 2. The standard InChI is InChI=1S/C14H19ClF3NO/c1-3-4-11(7-8-19-2)20-13-6-5-10(9-12(13)15)14(16,17)18/h5-6,9,11,19H,3-4,7-8H2,1-2H3. The van der Waals surface area contributed by atoms with Gasteiger partial charge in [-0.3, -0.25) is 0 Å². The summed E-state index contributed by atoms with van der Waals surface area (Å²) in [4.78, 5) is 0. The molecule has 0 fully saturated rings. The number of ether oxygens (including phenoxy) is 1. The van der Waals surface area contributed by atoms with Gasteiger partial charge in [0.05, 0.1) is 16.7 Å². The van der Waals surface area contributed by atoms with Crippen molar-refractivity contribution in [2.24, 2.45) is 0 Å². The molecule has 0 aliphatic heterocycles. The Morgan fingerprint density at radius 3 is 2.50 bits per heavy atom. The first-order chi connectivity index (χ1) is 9.38. The first kappa shape index (κ1) is 17.1. The summed E-state index contributed by atoms with van der Waals surface area (Å²) < 4.78 is 43.3. The average molecular weight is 310 g/mol. The third-order valence-electron chi connectivity index (χ3n) is 2.88. The van der Waals surface area contributed by atoms with Crippen molar-refractivity contribution in [1.82, 2.24) is 5.32 Å². The first-order valence-electron chi connectivity index (χ1n) is 6.56. The predicted molar refractivity (Wildman–Crippen MR) is 74.3 cm³/mol. The van der Waals surface area contributed by atoms with E-state index < -0.39 is 11.7 Å². The number of nitrogens with one attached hydrogen (secondary N) is 1. The summed E-state index contributed by atoms with van der Waals surface area (Å²) in [7, 11) is 1.84. The average Bonchev–Trinajstić information content (AvgIpc) is 2.37. The van der Waals surface area contributed by atoms with Crippen molar-refractivity contribution in [3.63, 3.8) is 0 Å². The molecule has 0 heterocycles. The monoisotopic (exact) mass is 309 g/mol. The third kappa shape index (κ3) is 5.21. The molecule has 1 aromatic rings. The summed E-state index contributed by atoms with van der Waals surface area (Å²) >= 11 is 5.87. The molecule has 0 aromatic heterocycles. The fraction of sp³-hybridized carbons (Fsp3) is 0.571. The highest BCUT2D eigenvalue weighted by Gasteiger charge is 2.31. The van der Waals surface area contributed by atoms with E-state index in [-0.39, 0.29) is 11.1 Å². The van der Waals surface area contributed by atoms with Gasteiger partial charge in [0.1, 0.15) is 5.75 Å². The molecule has 2 nitrogen and oxygen atoms in total. The van der Waals surface area contributed by atoms with Crippen LogP contribution in [-0.2, 0) is 6.18 Å². The van der Waals surface area contributed by atoms with Crippen molar-refractivity contribution in [2.45, 2.75) is 38.5 Å². The quantitative estimate of drug-likeness (QED) is 0.800. The van der Waals surface area contributed by atoms with Crippen molar-refractivity contribution in [2.75, 3.05) is 13.6 Å². The van der Waals surface area contributed by atoms with Crippen molar-refractivity contribution in [3.05, 3.63) is 28.8 Å². The van der Waals surface area contributed by atoms with E-state index in [0.717, 1.165) is 37.9 Å². The van der Waals surface area contributed by atoms with E-state index >= 15 is 0 Å². The molecule has 0 spiro atoms. The van der Waals surface area contributed by atoms with Gasteiger partial charge in [-0.1, -0.05) is 24.9 Å². The molecule has 1 rings (SSSR count). The van der Waals surface area contributed by atoms with Gasteiger partial charge in [-0.05, 0) is 44.6 Å². The molecule has 6 heteroatoms. The van der Waals surface area contributed by atoms with Crippen molar-refractivity contribution < 1.29 is 17.9 Å². The number of halogens is 4. The highest BCUT2D eigenvalue weighted by atomic mass is 35.5. The Bertz CT molecular complexity index is 423. The lowest BCUT2D eigenvalue weighted by molar-refractivity contribution is -0.137. The van der Waals surface area contributed by atoms with Crippen LogP contribution in [0, 0.1) is 0 Å². The van der Waals surface area contributed by atoms with Crippen molar-refractivity contribution >= 4 is 11.6 Å². The summed E-state index contributed by atoms with van der Waals surface area (Å²) in [6.07, 6.45) is -1.90. The second-order valence-electron chi connectivity index (χ2n) is 4.56. The van der Waals surface area contributed by atoms with Crippen LogP contribution in [0.2, 0.25) is 5.02 Å². The highest BCUT2D eigenvalue weighted by molar-refractivity contribution is 6.32. The van der Waals surface area contributed by atoms with E-state index in [0.29, 0.717) is 5.75 Å².